The van der Waals surface area contributed by atoms with Crippen LogP contribution in [0, 0.1) is 33.5 Å². The Bertz CT molecular complexity index is 774. The average molecular weight is 407 g/mol. The highest BCUT2D eigenvalue weighted by atomic mass is 16.5. The van der Waals surface area contributed by atoms with Crippen LogP contribution in [0.25, 0.3) is 0 Å². The summed E-state index contributed by atoms with van der Waals surface area (Å²) in [6.07, 6.45) is 17.4. The van der Waals surface area contributed by atoms with E-state index in [0.717, 1.165) is 31.2 Å². The van der Waals surface area contributed by atoms with Gasteiger partial charge >= 0.3 is 0 Å². The summed E-state index contributed by atoms with van der Waals surface area (Å²) in [5.41, 5.74) is 2.81. The molecule has 0 aromatic heterocycles. The van der Waals surface area contributed by atoms with Crippen LogP contribution in [0.5, 0.6) is 5.75 Å². The number of nitriles is 2. The van der Waals surface area contributed by atoms with Crippen LogP contribution in [0.4, 0.5) is 0 Å². The Morgan fingerprint density at radius 2 is 1.40 bits per heavy atom. The molecule has 30 heavy (non-hydrogen) atoms. The van der Waals surface area contributed by atoms with Crippen LogP contribution in [0.15, 0.2) is 12.1 Å². The van der Waals surface area contributed by atoms with Gasteiger partial charge in [-0.15, -0.1) is 0 Å². The maximum Gasteiger partial charge on any atom is 0.138 e. The molecule has 3 saturated carbocycles. The Kier molecular flexibility index (Phi) is 7.82. The summed E-state index contributed by atoms with van der Waals surface area (Å²) in [4.78, 5) is 0. The number of benzene rings is 1. The van der Waals surface area contributed by atoms with E-state index in [9.17, 15) is 10.5 Å². The Labute approximate surface area is 183 Å². The average Bonchev–Trinajstić information content (AvgIpc) is 2.79. The van der Waals surface area contributed by atoms with E-state index in [-0.39, 0.29) is 5.41 Å². The molecule has 0 amide bonds. The first kappa shape index (κ1) is 22.7. The molecule has 4 rings (SSSR count). The summed E-state index contributed by atoms with van der Waals surface area (Å²) in [5.74, 6) is 0.605. The molecule has 0 heterocycles. The standard InChI is InChI=1S/C27H38N2O/c1-3-5-7-9-22-10-11-25(24(20-29)23(22)19-28)30-21-27-16-13-26(14-17-27,15-18-27)12-8-6-4-2/h10-11H,3-9,12-18,21H2,1-2H3. The monoisotopic (exact) mass is 406 g/mol. The van der Waals surface area contributed by atoms with E-state index in [1.54, 1.807) is 0 Å². The molecule has 3 aliphatic carbocycles. The van der Waals surface area contributed by atoms with Crippen LogP contribution >= 0.6 is 0 Å². The van der Waals surface area contributed by atoms with Crippen LogP contribution in [0.3, 0.4) is 0 Å². The number of nitrogens with zero attached hydrogens (tertiary/aromatic N) is 2. The van der Waals surface area contributed by atoms with Gasteiger partial charge in [0.05, 0.1) is 12.2 Å². The van der Waals surface area contributed by atoms with Crippen molar-refractivity contribution in [3.63, 3.8) is 0 Å². The summed E-state index contributed by atoms with van der Waals surface area (Å²) in [6.45, 7) is 5.15. The second-order valence-electron chi connectivity index (χ2n) is 9.90. The van der Waals surface area contributed by atoms with E-state index in [4.69, 9.17) is 4.74 Å². The lowest BCUT2D eigenvalue weighted by molar-refractivity contribution is -0.0409. The second kappa shape index (κ2) is 10.3. The van der Waals surface area contributed by atoms with Crippen LogP contribution < -0.4 is 4.74 Å². The van der Waals surface area contributed by atoms with Crippen molar-refractivity contribution >= 4 is 0 Å². The van der Waals surface area contributed by atoms with Crippen molar-refractivity contribution in [1.29, 1.82) is 10.5 Å². The van der Waals surface area contributed by atoms with Gasteiger partial charge < -0.3 is 4.74 Å². The number of rotatable bonds is 11. The number of hydrogen-bond donors (Lipinski definition) is 0. The fraction of sp³-hybridized carbons (Fsp3) is 0.704. The largest absolute Gasteiger partial charge is 0.492 e. The van der Waals surface area contributed by atoms with Crippen molar-refractivity contribution in [2.24, 2.45) is 10.8 Å². The smallest absolute Gasteiger partial charge is 0.138 e. The third-order valence-corrected chi connectivity index (χ3v) is 7.93. The highest BCUT2D eigenvalue weighted by molar-refractivity contribution is 5.57. The maximum absolute atomic E-state index is 9.75. The molecule has 1 aromatic carbocycles. The number of aryl methyl sites for hydroxylation is 1. The summed E-state index contributed by atoms with van der Waals surface area (Å²) in [6, 6.07) is 8.47. The van der Waals surface area contributed by atoms with E-state index < -0.39 is 0 Å². The molecule has 3 heteroatoms. The van der Waals surface area contributed by atoms with Gasteiger partial charge in [-0.1, -0.05) is 52.0 Å². The first-order valence-corrected chi connectivity index (χ1v) is 12.2. The van der Waals surface area contributed by atoms with E-state index in [1.807, 2.05) is 12.1 Å². The van der Waals surface area contributed by atoms with Gasteiger partial charge in [-0.25, -0.2) is 0 Å². The van der Waals surface area contributed by atoms with Crippen LogP contribution in [-0.2, 0) is 6.42 Å². The molecule has 3 nitrogen and oxygen atoms in total. The van der Waals surface area contributed by atoms with Gasteiger partial charge in [0.25, 0.3) is 0 Å². The fourth-order valence-corrected chi connectivity index (χ4v) is 5.67. The maximum atomic E-state index is 9.75. The molecule has 3 aliphatic rings. The molecule has 0 unspecified atom stereocenters. The van der Waals surface area contributed by atoms with Gasteiger partial charge in [-0.2, -0.15) is 10.5 Å². The lowest BCUT2D eigenvalue weighted by Crippen LogP contribution is -2.44. The number of fused-ring (bicyclic) bond motifs is 3. The Morgan fingerprint density at radius 1 is 0.800 bits per heavy atom. The molecule has 0 atom stereocenters. The molecule has 0 N–H and O–H groups in total. The van der Waals surface area contributed by atoms with Crippen molar-refractivity contribution in [2.45, 2.75) is 104 Å². The van der Waals surface area contributed by atoms with Gasteiger partial charge in [-0.3, -0.25) is 0 Å². The van der Waals surface area contributed by atoms with E-state index in [1.165, 1.54) is 64.2 Å². The highest BCUT2D eigenvalue weighted by Gasteiger charge is 2.48. The molecule has 0 spiro atoms. The summed E-state index contributed by atoms with van der Waals surface area (Å²) in [7, 11) is 0. The van der Waals surface area contributed by atoms with Gasteiger partial charge in [0, 0.05) is 5.41 Å². The van der Waals surface area contributed by atoms with Gasteiger partial charge in [0.15, 0.2) is 0 Å². The fourth-order valence-electron chi connectivity index (χ4n) is 5.67. The molecule has 3 fully saturated rings. The van der Waals surface area contributed by atoms with Crippen molar-refractivity contribution in [2.75, 3.05) is 6.61 Å². The Morgan fingerprint density at radius 3 is 2.00 bits per heavy atom. The number of unbranched alkanes of at least 4 members (excludes halogenated alkanes) is 4. The van der Waals surface area contributed by atoms with Crippen molar-refractivity contribution in [1.82, 2.24) is 0 Å². The molecule has 0 aliphatic heterocycles. The van der Waals surface area contributed by atoms with Gasteiger partial charge in [0.1, 0.15) is 23.5 Å². The van der Waals surface area contributed by atoms with E-state index in [2.05, 4.69) is 26.0 Å². The van der Waals surface area contributed by atoms with Crippen LogP contribution in [0.2, 0.25) is 0 Å². The van der Waals surface area contributed by atoms with Crippen LogP contribution in [-0.4, -0.2) is 6.61 Å². The van der Waals surface area contributed by atoms with Crippen molar-refractivity contribution in [3.05, 3.63) is 28.8 Å². The molecular weight excluding hydrogens is 368 g/mol. The lowest BCUT2D eigenvalue weighted by atomic mass is 9.53. The second-order valence-corrected chi connectivity index (χ2v) is 9.90. The predicted octanol–water partition coefficient (Wildman–Crippen LogP) is 7.46. The molecule has 0 saturated heterocycles. The lowest BCUT2D eigenvalue weighted by Gasteiger charge is -2.53. The van der Waals surface area contributed by atoms with Gasteiger partial charge in [0.2, 0.25) is 0 Å². The Hall–Kier alpha value is -2.00. The zero-order chi connectivity index (χ0) is 21.5. The third kappa shape index (κ3) is 5.00. The van der Waals surface area contributed by atoms with Crippen molar-refractivity contribution in [3.8, 4) is 17.9 Å². The third-order valence-electron chi connectivity index (χ3n) is 7.93. The summed E-state index contributed by atoms with van der Waals surface area (Å²) < 4.78 is 6.27. The topological polar surface area (TPSA) is 56.8 Å². The SMILES string of the molecule is CCCCCc1ccc(OCC23CCC(CCCCC)(CC2)CC3)c(C#N)c1C#N. The number of ether oxygens (including phenoxy) is 1. The molecule has 1 aromatic rings. The quantitative estimate of drug-likeness (QED) is 0.358. The zero-order valence-corrected chi connectivity index (χ0v) is 19.1. The predicted molar refractivity (Wildman–Crippen MR) is 121 cm³/mol. The number of hydrogen-bond acceptors (Lipinski definition) is 3. The minimum atomic E-state index is 0.270. The van der Waals surface area contributed by atoms with Crippen LogP contribution in [0.1, 0.15) is 114 Å². The summed E-state index contributed by atoms with van der Waals surface area (Å²) in [5, 5.41) is 19.4. The minimum absolute atomic E-state index is 0.270. The minimum Gasteiger partial charge on any atom is -0.492 e. The molecular formula is C27H38N2O. The summed E-state index contributed by atoms with van der Waals surface area (Å²) >= 11 is 0. The molecule has 2 bridgehead atoms. The molecule has 162 valence electrons. The van der Waals surface area contributed by atoms with Gasteiger partial charge in [-0.05, 0) is 74.8 Å². The highest BCUT2D eigenvalue weighted by Crippen LogP contribution is 2.58. The molecule has 0 radical (unpaired) electrons. The Balaban J connectivity index is 1.64. The van der Waals surface area contributed by atoms with Crippen molar-refractivity contribution < 1.29 is 4.74 Å². The van der Waals surface area contributed by atoms with E-state index in [0.29, 0.717) is 28.9 Å². The van der Waals surface area contributed by atoms with E-state index >= 15 is 0 Å². The normalized spacial score (nSPS) is 24.9. The zero-order valence-electron chi connectivity index (χ0n) is 19.1. The first-order chi connectivity index (χ1) is 14.6. The first-order valence-electron chi connectivity index (χ1n) is 12.2.